The number of thioether (sulfide) groups is 1. The van der Waals surface area contributed by atoms with E-state index in [0.717, 1.165) is 10.6 Å². The number of fused-ring (bicyclic) bond motifs is 1. The van der Waals surface area contributed by atoms with E-state index in [4.69, 9.17) is 0 Å². The number of hydrogen-bond acceptors (Lipinski definition) is 4. The predicted molar refractivity (Wildman–Crippen MR) is 68.6 cm³/mol. The van der Waals surface area contributed by atoms with E-state index in [0.29, 0.717) is 12.1 Å². The molecule has 2 rings (SSSR count). The monoisotopic (exact) mass is 250 g/mol. The summed E-state index contributed by atoms with van der Waals surface area (Å²) in [4.78, 5) is 24.2. The van der Waals surface area contributed by atoms with Gasteiger partial charge in [-0.05, 0) is 26.1 Å². The Morgan fingerprint density at radius 3 is 3.00 bits per heavy atom. The Kier molecular flexibility index (Phi) is 3.49. The van der Waals surface area contributed by atoms with Gasteiger partial charge in [-0.3, -0.25) is 9.59 Å². The standard InChI is InChI=1S/C12H14N2O2S/c1-7-12(16)14-9-5-8(10(15)6-13-2)3-4-11(9)17-7/h3-5,7,13H,6H2,1-2H3,(H,14,16). The molecule has 90 valence electrons. The van der Waals surface area contributed by atoms with Gasteiger partial charge in [-0.15, -0.1) is 11.8 Å². The first kappa shape index (κ1) is 12.1. The quantitative estimate of drug-likeness (QED) is 0.799. The third-order valence-corrected chi connectivity index (χ3v) is 3.75. The average molecular weight is 250 g/mol. The first-order valence-electron chi connectivity index (χ1n) is 5.41. The molecule has 1 aromatic carbocycles. The maximum atomic E-state index is 11.7. The second-order valence-electron chi connectivity index (χ2n) is 3.91. The van der Waals surface area contributed by atoms with Gasteiger partial charge in [0.25, 0.3) is 0 Å². The number of carbonyl (C=O) groups is 2. The van der Waals surface area contributed by atoms with Crippen molar-refractivity contribution in [3.05, 3.63) is 23.8 Å². The Morgan fingerprint density at radius 1 is 1.53 bits per heavy atom. The number of Topliss-reactive ketones (excluding diaryl/α,β-unsaturated/α-hetero) is 1. The van der Waals surface area contributed by atoms with Gasteiger partial charge in [-0.2, -0.15) is 0 Å². The van der Waals surface area contributed by atoms with Gasteiger partial charge in [0.2, 0.25) is 5.91 Å². The van der Waals surface area contributed by atoms with Crippen molar-refractivity contribution in [2.24, 2.45) is 0 Å². The summed E-state index contributed by atoms with van der Waals surface area (Å²) in [6, 6.07) is 5.43. The van der Waals surface area contributed by atoms with Crippen molar-refractivity contribution in [3.63, 3.8) is 0 Å². The van der Waals surface area contributed by atoms with Crippen molar-refractivity contribution in [1.82, 2.24) is 5.32 Å². The molecule has 0 radical (unpaired) electrons. The molecule has 2 N–H and O–H groups in total. The van der Waals surface area contributed by atoms with Crippen LogP contribution in [0.3, 0.4) is 0 Å². The summed E-state index contributed by atoms with van der Waals surface area (Å²) in [6.45, 7) is 2.17. The Labute approximate surface area is 104 Å². The summed E-state index contributed by atoms with van der Waals surface area (Å²) in [7, 11) is 1.73. The zero-order valence-electron chi connectivity index (χ0n) is 9.74. The number of nitrogens with one attached hydrogen (secondary N) is 2. The SMILES string of the molecule is CNCC(=O)c1ccc2c(c1)NC(=O)C(C)S2. The number of benzene rings is 1. The third kappa shape index (κ3) is 2.50. The maximum Gasteiger partial charge on any atom is 0.237 e. The lowest BCUT2D eigenvalue weighted by Crippen LogP contribution is -2.27. The number of anilines is 1. The van der Waals surface area contributed by atoms with Crippen LogP contribution >= 0.6 is 11.8 Å². The van der Waals surface area contributed by atoms with Crippen LogP contribution in [0.25, 0.3) is 0 Å². The molecule has 0 aliphatic carbocycles. The van der Waals surface area contributed by atoms with Crippen LogP contribution in [0.15, 0.2) is 23.1 Å². The van der Waals surface area contributed by atoms with Crippen molar-refractivity contribution in [1.29, 1.82) is 0 Å². The number of likely N-dealkylation sites (N-methyl/N-ethyl adjacent to an activating group) is 1. The Hall–Kier alpha value is -1.33. The normalized spacial score (nSPS) is 18.5. The highest BCUT2D eigenvalue weighted by molar-refractivity contribution is 8.00. The first-order valence-corrected chi connectivity index (χ1v) is 6.29. The molecular weight excluding hydrogens is 236 g/mol. The maximum absolute atomic E-state index is 11.7. The summed E-state index contributed by atoms with van der Waals surface area (Å²) in [5, 5.41) is 5.55. The van der Waals surface area contributed by atoms with Crippen molar-refractivity contribution in [2.75, 3.05) is 18.9 Å². The highest BCUT2D eigenvalue weighted by Crippen LogP contribution is 2.35. The number of hydrogen-bond donors (Lipinski definition) is 2. The molecule has 1 aliphatic heterocycles. The van der Waals surface area contributed by atoms with Crippen molar-refractivity contribution < 1.29 is 9.59 Å². The summed E-state index contributed by atoms with van der Waals surface area (Å²) < 4.78 is 0. The van der Waals surface area contributed by atoms with Gasteiger partial charge in [0.15, 0.2) is 5.78 Å². The molecule has 0 fully saturated rings. The average Bonchev–Trinajstić information content (AvgIpc) is 2.30. The molecule has 0 aromatic heterocycles. The fourth-order valence-corrected chi connectivity index (χ4v) is 2.58. The van der Waals surface area contributed by atoms with Gasteiger partial charge >= 0.3 is 0 Å². The molecule has 5 heteroatoms. The Morgan fingerprint density at radius 2 is 2.29 bits per heavy atom. The zero-order chi connectivity index (χ0) is 12.4. The largest absolute Gasteiger partial charge is 0.324 e. The minimum atomic E-state index is -0.0821. The molecule has 0 spiro atoms. The fourth-order valence-electron chi connectivity index (χ4n) is 1.64. The molecule has 4 nitrogen and oxygen atoms in total. The lowest BCUT2D eigenvalue weighted by Gasteiger charge is -2.21. The fraction of sp³-hybridized carbons (Fsp3) is 0.333. The van der Waals surface area contributed by atoms with Crippen molar-refractivity contribution >= 4 is 29.1 Å². The summed E-state index contributed by atoms with van der Waals surface area (Å²) in [5.74, 6) is 0.00823. The number of carbonyl (C=O) groups excluding carboxylic acids is 2. The molecule has 0 bridgehead atoms. The van der Waals surface area contributed by atoms with Crippen molar-refractivity contribution in [3.8, 4) is 0 Å². The smallest absolute Gasteiger partial charge is 0.237 e. The van der Waals surface area contributed by atoms with Crippen LogP contribution in [0.1, 0.15) is 17.3 Å². The molecule has 1 amide bonds. The van der Waals surface area contributed by atoms with Crippen molar-refractivity contribution in [2.45, 2.75) is 17.1 Å². The molecule has 1 unspecified atom stereocenters. The topological polar surface area (TPSA) is 58.2 Å². The molecule has 17 heavy (non-hydrogen) atoms. The van der Waals surface area contributed by atoms with Gasteiger partial charge in [0.05, 0.1) is 17.5 Å². The highest BCUT2D eigenvalue weighted by Gasteiger charge is 2.23. The second-order valence-corrected chi connectivity index (χ2v) is 5.30. The minimum Gasteiger partial charge on any atom is -0.324 e. The zero-order valence-corrected chi connectivity index (χ0v) is 10.6. The number of amides is 1. The van der Waals surface area contributed by atoms with E-state index in [1.807, 2.05) is 13.0 Å². The van der Waals surface area contributed by atoms with Crippen LogP contribution in [0, 0.1) is 0 Å². The number of rotatable bonds is 3. The van der Waals surface area contributed by atoms with Gasteiger partial charge < -0.3 is 10.6 Å². The summed E-state index contributed by atoms with van der Waals surface area (Å²) in [5.41, 5.74) is 1.36. The Bertz CT molecular complexity index is 474. The van der Waals surface area contributed by atoms with Crippen LogP contribution in [-0.2, 0) is 4.79 Å². The lowest BCUT2D eigenvalue weighted by atomic mass is 10.1. The Balaban J connectivity index is 2.28. The first-order chi connectivity index (χ1) is 8.11. The van der Waals surface area contributed by atoms with Crippen LogP contribution in [-0.4, -0.2) is 30.5 Å². The molecule has 1 aliphatic rings. The molecule has 0 saturated carbocycles. The molecule has 1 heterocycles. The lowest BCUT2D eigenvalue weighted by molar-refractivity contribution is -0.115. The van der Waals surface area contributed by atoms with Crippen LogP contribution in [0.4, 0.5) is 5.69 Å². The summed E-state index contributed by atoms with van der Waals surface area (Å²) >= 11 is 1.51. The molecular formula is C12H14N2O2S. The summed E-state index contributed by atoms with van der Waals surface area (Å²) in [6.07, 6.45) is 0. The van der Waals surface area contributed by atoms with E-state index in [2.05, 4.69) is 10.6 Å². The van der Waals surface area contributed by atoms with Gasteiger partial charge in [0, 0.05) is 10.5 Å². The third-order valence-electron chi connectivity index (χ3n) is 2.57. The van der Waals surface area contributed by atoms with Gasteiger partial charge in [0.1, 0.15) is 0 Å². The van der Waals surface area contributed by atoms with E-state index >= 15 is 0 Å². The van der Waals surface area contributed by atoms with Crippen LogP contribution < -0.4 is 10.6 Å². The second kappa shape index (κ2) is 4.89. The van der Waals surface area contributed by atoms with Gasteiger partial charge in [-0.1, -0.05) is 6.07 Å². The van der Waals surface area contributed by atoms with E-state index in [9.17, 15) is 9.59 Å². The minimum absolute atomic E-state index is 0.0132. The van der Waals surface area contributed by atoms with Crippen LogP contribution in [0.2, 0.25) is 0 Å². The molecule has 0 saturated heterocycles. The predicted octanol–water partition coefficient (Wildman–Crippen LogP) is 1.52. The molecule has 1 aromatic rings. The van der Waals surface area contributed by atoms with E-state index in [1.165, 1.54) is 11.8 Å². The van der Waals surface area contributed by atoms with E-state index < -0.39 is 0 Å². The number of ketones is 1. The highest BCUT2D eigenvalue weighted by atomic mass is 32.2. The van der Waals surface area contributed by atoms with Crippen LogP contribution in [0.5, 0.6) is 0 Å². The molecule has 1 atom stereocenters. The van der Waals surface area contributed by atoms with Gasteiger partial charge in [-0.25, -0.2) is 0 Å². The van der Waals surface area contributed by atoms with E-state index in [-0.39, 0.29) is 16.9 Å². The van der Waals surface area contributed by atoms with E-state index in [1.54, 1.807) is 19.2 Å².